The van der Waals surface area contributed by atoms with Crippen molar-refractivity contribution in [2.75, 3.05) is 46.2 Å². The zero-order chi connectivity index (χ0) is 38.2. The van der Waals surface area contributed by atoms with Crippen LogP contribution in [0.3, 0.4) is 0 Å². The maximum absolute atomic E-state index is 14.4. The minimum absolute atomic E-state index is 0.0662. The van der Waals surface area contributed by atoms with E-state index in [0.29, 0.717) is 48.4 Å². The Balaban J connectivity index is 1.26. The number of hydrogen-bond donors (Lipinski definition) is 3. The zero-order valence-electron chi connectivity index (χ0n) is 33.2. The fourth-order valence-electron chi connectivity index (χ4n) is 9.40. The second-order valence-corrected chi connectivity index (χ2v) is 17.1. The molecule has 0 spiro atoms. The lowest BCUT2D eigenvalue weighted by atomic mass is 9.45. The van der Waals surface area contributed by atoms with E-state index < -0.39 is 18.1 Å². The summed E-state index contributed by atoms with van der Waals surface area (Å²) >= 11 is 0. The van der Waals surface area contributed by atoms with E-state index in [0.717, 1.165) is 40.8 Å². The molecule has 9 heteroatoms. The maximum atomic E-state index is 14.4. The van der Waals surface area contributed by atoms with Gasteiger partial charge in [0.2, 0.25) is 5.91 Å². The van der Waals surface area contributed by atoms with Crippen molar-refractivity contribution in [3.63, 3.8) is 0 Å². The molecule has 7 rings (SSSR count). The number of aliphatic hydroxyl groups excluding tert-OH is 1. The Morgan fingerprint density at radius 1 is 1.02 bits per heavy atom. The molecule has 1 saturated heterocycles. The third kappa shape index (κ3) is 8.19. The first-order valence-corrected chi connectivity index (χ1v) is 19.5. The van der Waals surface area contributed by atoms with Crippen molar-refractivity contribution in [2.45, 2.75) is 84.7 Å². The highest BCUT2D eigenvalue weighted by Crippen LogP contribution is 2.61. The molecule has 2 amide bonds. The number of likely N-dealkylation sites (N-methyl/N-ethyl adjacent to an activating group) is 1. The van der Waals surface area contributed by atoms with Crippen molar-refractivity contribution < 1.29 is 19.5 Å². The number of rotatable bonds is 13. The van der Waals surface area contributed by atoms with E-state index >= 15 is 0 Å². The first-order chi connectivity index (χ1) is 25.1. The van der Waals surface area contributed by atoms with E-state index in [1.165, 1.54) is 12.0 Å². The molecule has 0 radical (unpaired) electrons. The Hall–Kier alpha value is -3.76. The molecule has 3 aliphatic carbocycles. The topological polar surface area (TPSA) is 97.4 Å². The molecule has 4 fully saturated rings. The smallest absolute Gasteiger partial charge is 0.251 e. The average Bonchev–Trinajstić information content (AvgIpc) is 3.47. The molecule has 3 aromatic carbocycles. The molecule has 3 N–H and O–H groups in total. The molecule has 2 bridgehead atoms. The minimum Gasteiger partial charge on any atom is -0.393 e. The van der Waals surface area contributed by atoms with E-state index in [2.05, 4.69) is 73.6 Å². The number of carbonyl (C=O) groups is 2. The van der Waals surface area contributed by atoms with Gasteiger partial charge in [0, 0.05) is 50.4 Å². The molecule has 286 valence electrons. The molecule has 9 nitrogen and oxygen atoms in total. The highest BCUT2D eigenvalue weighted by Gasteiger charge is 2.57. The van der Waals surface area contributed by atoms with Crippen LogP contribution >= 0.6 is 0 Å². The number of anilines is 1. The average molecular weight is 724 g/mol. The Labute approximate surface area is 317 Å². The summed E-state index contributed by atoms with van der Waals surface area (Å²) in [7, 11) is 7.95. The lowest BCUT2D eigenvalue weighted by molar-refractivity contribution is -0.179. The monoisotopic (exact) mass is 723 g/mol. The Morgan fingerprint density at radius 2 is 1.75 bits per heavy atom. The van der Waals surface area contributed by atoms with Gasteiger partial charge in [0.25, 0.3) is 5.91 Å². The van der Waals surface area contributed by atoms with Crippen LogP contribution in [-0.4, -0.2) is 92.5 Å². The van der Waals surface area contributed by atoms with Crippen molar-refractivity contribution in [3.05, 3.63) is 89.0 Å². The van der Waals surface area contributed by atoms with Crippen LogP contribution in [0.15, 0.2) is 66.7 Å². The lowest BCUT2D eigenvalue weighted by Crippen LogP contribution is -2.62. The highest BCUT2D eigenvalue weighted by atomic mass is 16.7. The van der Waals surface area contributed by atoms with Gasteiger partial charge in [-0.2, -0.15) is 5.06 Å². The standard InChI is InChI=1S/C44H61N5O4/c1-27-31(16-13-17-36(27)32-20-33(22-35(21-32)48(8)9)42(51)45-19-18-30-14-11-10-12-15-30)25-49-41(40(29(3)50)39(53-49)26-47(6)7)43(52)46-38-24-34-23-37(28(38)2)44(34,4)5/h10-17,20-22,28-29,34,37-41,50H,18-19,23-26H2,1-9H3,(H,45,51)(H,46,52)/t28-,29-,34-,37+,38?,39-,40+,41-/m0/s1. The molecule has 1 aliphatic heterocycles. The fraction of sp³-hybridized carbons (Fsp3) is 0.545. The number of nitrogens with zero attached hydrogens (tertiary/aromatic N) is 3. The number of hydrogen-bond acceptors (Lipinski definition) is 7. The predicted octanol–water partition coefficient (Wildman–Crippen LogP) is 5.93. The predicted molar refractivity (Wildman–Crippen MR) is 212 cm³/mol. The van der Waals surface area contributed by atoms with Gasteiger partial charge in [0.05, 0.1) is 18.8 Å². The Morgan fingerprint density at radius 3 is 2.40 bits per heavy atom. The summed E-state index contributed by atoms with van der Waals surface area (Å²) in [6, 6.07) is 21.8. The summed E-state index contributed by atoms with van der Waals surface area (Å²) in [4.78, 5) is 38.6. The summed E-state index contributed by atoms with van der Waals surface area (Å²) in [5.74, 6) is 1.05. The number of hydroxylamine groups is 2. The quantitative estimate of drug-likeness (QED) is 0.201. The third-order valence-corrected chi connectivity index (χ3v) is 12.7. The summed E-state index contributed by atoms with van der Waals surface area (Å²) in [5, 5.41) is 19.6. The lowest BCUT2D eigenvalue weighted by Gasteiger charge is -2.62. The molecule has 53 heavy (non-hydrogen) atoms. The van der Waals surface area contributed by atoms with Crippen LogP contribution in [0.4, 0.5) is 5.69 Å². The van der Waals surface area contributed by atoms with E-state index in [4.69, 9.17) is 4.84 Å². The van der Waals surface area contributed by atoms with Crippen LogP contribution in [0.1, 0.15) is 67.6 Å². The normalized spacial score (nSPS) is 26.9. The molecular weight excluding hydrogens is 663 g/mol. The SMILES string of the molecule is Cc1c(CN2O[C@@H](CN(C)C)[C@@H]([C@H](C)O)[C@H]2C(=O)NC2C[C@@H]3C[C@H]([C@@H]2C)C3(C)C)cccc1-c1cc(C(=O)NCCc2ccccc2)cc(N(C)C)c1. The number of fused-ring (bicyclic) bond motifs is 2. The van der Waals surface area contributed by atoms with Crippen LogP contribution in [0.2, 0.25) is 0 Å². The highest BCUT2D eigenvalue weighted by molar-refractivity contribution is 5.97. The van der Waals surface area contributed by atoms with E-state index in [1.807, 2.05) is 74.6 Å². The number of amides is 2. The fourth-order valence-corrected chi connectivity index (χ4v) is 9.40. The van der Waals surface area contributed by atoms with Gasteiger partial charge in [0.15, 0.2) is 0 Å². The van der Waals surface area contributed by atoms with Gasteiger partial charge in [-0.05, 0) is 116 Å². The summed E-state index contributed by atoms with van der Waals surface area (Å²) in [6.45, 7) is 12.4. The van der Waals surface area contributed by atoms with Crippen molar-refractivity contribution >= 4 is 17.5 Å². The van der Waals surface area contributed by atoms with Crippen molar-refractivity contribution in [2.24, 2.45) is 29.1 Å². The van der Waals surface area contributed by atoms with Crippen LogP contribution in [0.25, 0.3) is 11.1 Å². The Bertz CT molecular complexity index is 1760. The van der Waals surface area contributed by atoms with Crippen molar-refractivity contribution in [3.8, 4) is 11.1 Å². The van der Waals surface area contributed by atoms with Crippen molar-refractivity contribution in [1.82, 2.24) is 20.6 Å². The summed E-state index contributed by atoms with van der Waals surface area (Å²) < 4.78 is 0. The number of benzene rings is 3. The van der Waals surface area contributed by atoms with Gasteiger partial charge in [-0.3, -0.25) is 14.4 Å². The molecular formula is C44H61N5O4. The van der Waals surface area contributed by atoms with Gasteiger partial charge < -0.3 is 25.5 Å². The van der Waals surface area contributed by atoms with Crippen LogP contribution < -0.4 is 15.5 Å². The maximum Gasteiger partial charge on any atom is 0.251 e. The van der Waals surface area contributed by atoms with Crippen molar-refractivity contribution in [1.29, 1.82) is 0 Å². The number of aliphatic hydroxyl groups is 1. The molecule has 0 aromatic heterocycles. The number of carbonyl (C=O) groups excluding carboxylic acids is 2. The number of nitrogens with one attached hydrogen (secondary N) is 2. The zero-order valence-corrected chi connectivity index (χ0v) is 33.2. The first-order valence-electron chi connectivity index (χ1n) is 19.5. The molecule has 1 heterocycles. The second-order valence-electron chi connectivity index (χ2n) is 17.1. The third-order valence-electron chi connectivity index (χ3n) is 12.7. The molecule has 4 aliphatic rings. The van der Waals surface area contributed by atoms with Gasteiger partial charge in [-0.1, -0.05) is 69.3 Å². The van der Waals surface area contributed by atoms with E-state index in [9.17, 15) is 14.7 Å². The Kier molecular flexibility index (Phi) is 11.7. The molecule has 1 unspecified atom stereocenters. The molecule has 8 atom stereocenters. The molecule has 3 aromatic rings. The molecule has 3 saturated carbocycles. The summed E-state index contributed by atoms with van der Waals surface area (Å²) in [6.07, 6.45) is 1.91. The van der Waals surface area contributed by atoms with Gasteiger partial charge >= 0.3 is 0 Å². The first kappa shape index (κ1) is 38.9. The second kappa shape index (κ2) is 15.9. The van der Waals surface area contributed by atoms with E-state index in [-0.39, 0.29) is 24.0 Å². The largest absolute Gasteiger partial charge is 0.393 e. The van der Waals surface area contributed by atoms with Gasteiger partial charge in [-0.25, -0.2) is 0 Å². The van der Waals surface area contributed by atoms with Crippen LogP contribution in [0.5, 0.6) is 0 Å². The van der Waals surface area contributed by atoms with Gasteiger partial charge in [-0.15, -0.1) is 0 Å². The van der Waals surface area contributed by atoms with Gasteiger partial charge in [0.1, 0.15) is 6.04 Å². The summed E-state index contributed by atoms with van der Waals surface area (Å²) in [5.41, 5.74) is 7.07. The minimum atomic E-state index is -0.740. The van der Waals surface area contributed by atoms with Crippen LogP contribution in [0, 0.1) is 36.0 Å². The van der Waals surface area contributed by atoms with Crippen LogP contribution in [-0.2, 0) is 22.6 Å². The van der Waals surface area contributed by atoms with E-state index in [1.54, 1.807) is 6.92 Å².